The molecule has 0 spiro atoms. The molecule has 1 saturated carbocycles. The van der Waals surface area contributed by atoms with E-state index in [0.29, 0.717) is 29.6 Å². The van der Waals surface area contributed by atoms with Crippen molar-refractivity contribution in [3.63, 3.8) is 0 Å². The zero-order valence-corrected chi connectivity index (χ0v) is 15.2. The van der Waals surface area contributed by atoms with Crippen LogP contribution >= 0.6 is 0 Å². The smallest absolute Gasteiger partial charge is 0.0652 e. The highest BCUT2D eigenvalue weighted by Crippen LogP contribution is 2.47. The van der Waals surface area contributed by atoms with Gasteiger partial charge in [-0.3, -0.25) is 4.90 Å². The van der Waals surface area contributed by atoms with E-state index in [0.717, 1.165) is 6.54 Å². The summed E-state index contributed by atoms with van der Waals surface area (Å²) in [5, 5.41) is 3.88. The Bertz CT molecular complexity index is 349. The van der Waals surface area contributed by atoms with Gasteiger partial charge in [-0.2, -0.15) is 0 Å². The van der Waals surface area contributed by atoms with Crippen molar-refractivity contribution in [1.82, 2.24) is 10.2 Å². The molecule has 3 nitrogen and oxygen atoms in total. The number of hydrogen-bond donors (Lipinski definition) is 1. The third-order valence-electron chi connectivity index (χ3n) is 6.53. The van der Waals surface area contributed by atoms with Gasteiger partial charge >= 0.3 is 0 Å². The van der Waals surface area contributed by atoms with Gasteiger partial charge in [0, 0.05) is 43.2 Å². The van der Waals surface area contributed by atoms with Crippen LogP contribution in [0, 0.1) is 11.3 Å². The second-order valence-corrected chi connectivity index (χ2v) is 8.15. The lowest BCUT2D eigenvalue weighted by Gasteiger charge is -2.61. The van der Waals surface area contributed by atoms with Gasteiger partial charge < -0.3 is 10.1 Å². The van der Waals surface area contributed by atoms with Gasteiger partial charge in [0.2, 0.25) is 0 Å². The maximum Gasteiger partial charge on any atom is 0.0652 e. The van der Waals surface area contributed by atoms with Crippen molar-refractivity contribution < 1.29 is 4.74 Å². The van der Waals surface area contributed by atoms with Gasteiger partial charge in [0.1, 0.15) is 0 Å². The SMILES string of the molecule is CCC1(CC)CN(C2CC(OC)C2(C)C)C(C(C)C)CN1. The molecular weight excluding hydrogens is 260 g/mol. The van der Waals surface area contributed by atoms with Crippen molar-refractivity contribution in [2.45, 2.75) is 84.5 Å². The van der Waals surface area contributed by atoms with Crippen LogP contribution in [0.15, 0.2) is 0 Å². The molecule has 1 aliphatic carbocycles. The number of nitrogens with one attached hydrogen (secondary N) is 1. The van der Waals surface area contributed by atoms with Crippen molar-refractivity contribution >= 4 is 0 Å². The zero-order valence-electron chi connectivity index (χ0n) is 15.2. The molecule has 3 unspecified atom stereocenters. The topological polar surface area (TPSA) is 24.5 Å². The van der Waals surface area contributed by atoms with Crippen LogP contribution in [0.4, 0.5) is 0 Å². The van der Waals surface area contributed by atoms with E-state index < -0.39 is 0 Å². The molecule has 124 valence electrons. The van der Waals surface area contributed by atoms with Gasteiger partial charge in [-0.1, -0.05) is 41.5 Å². The monoisotopic (exact) mass is 296 g/mol. The van der Waals surface area contributed by atoms with E-state index >= 15 is 0 Å². The minimum absolute atomic E-state index is 0.270. The number of ether oxygens (including phenoxy) is 1. The minimum Gasteiger partial charge on any atom is -0.381 e. The molecule has 1 N–H and O–H groups in total. The van der Waals surface area contributed by atoms with Gasteiger partial charge in [0.25, 0.3) is 0 Å². The maximum atomic E-state index is 5.68. The number of hydrogen-bond acceptors (Lipinski definition) is 3. The van der Waals surface area contributed by atoms with Crippen LogP contribution in [0.5, 0.6) is 0 Å². The molecule has 0 aromatic carbocycles. The fraction of sp³-hybridized carbons (Fsp3) is 1.00. The maximum absolute atomic E-state index is 5.68. The first-order valence-corrected chi connectivity index (χ1v) is 8.85. The quantitative estimate of drug-likeness (QED) is 0.842. The molecule has 1 heterocycles. The van der Waals surface area contributed by atoms with E-state index in [2.05, 4.69) is 51.8 Å². The highest BCUT2D eigenvalue weighted by Gasteiger charge is 2.54. The summed E-state index contributed by atoms with van der Waals surface area (Å²) in [5.41, 5.74) is 0.575. The Kier molecular flexibility index (Phi) is 5.07. The number of nitrogens with zero attached hydrogens (tertiary/aromatic N) is 1. The third-order valence-corrected chi connectivity index (χ3v) is 6.53. The summed E-state index contributed by atoms with van der Waals surface area (Å²) >= 11 is 0. The van der Waals surface area contributed by atoms with Gasteiger partial charge in [-0.05, 0) is 25.2 Å². The molecule has 0 aromatic rings. The normalized spacial score (nSPS) is 35.7. The van der Waals surface area contributed by atoms with Crippen molar-refractivity contribution in [3.05, 3.63) is 0 Å². The summed E-state index contributed by atoms with van der Waals surface area (Å²) in [5.74, 6) is 0.696. The van der Waals surface area contributed by atoms with E-state index in [1.54, 1.807) is 0 Å². The van der Waals surface area contributed by atoms with Crippen LogP contribution in [-0.2, 0) is 4.74 Å². The molecule has 3 atom stereocenters. The average molecular weight is 296 g/mol. The first-order chi connectivity index (χ1) is 9.81. The number of rotatable bonds is 5. The lowest BCUT2D eigenvalue weighted by atomic mass is 9.62. The standard InChI is InChI=1S/C18H36N2O/c1-8-18(9-2)12-20(14(11-19-18)13(3)4)15-10-16(21-7)17(15,5)6/h13-16,19H,8-12H2,1-7H3. The Morgan fingerprint density at radius 2 is 1.86 bits per heavy atom. The van der Waals surface area contributed by atoms with Crippen LogP contribution in [-0.4, -0.2) is 48.8 Å². The van der Waals surface area contributed by atoms with E-state index in [9.17, 15) is 0 Å². The second-order valence-electron chi connectivity index (χ2n) is 8.15. The van der Waals surface area contributed by atoms with Gasteiger partial charge in [0.15, 0.2) is 0 Å². The molecule has 3 heteroatoms. The minimum atomic E-state index is 0.270. The molecule has 0 bridgehead atoms. The van der Waals surface area contributed by atoms with E-state index in [-0.39, 0.29) is 5.41 Å². The van der Waals surface area contributed by atoms with E-state index in [1.165, 1.54) is 25.8 Å². The molecule has 21 heavy (non-hydrogen) atoms. The van der Waals surface area contributed by atoms with Crippen LogP contribution in [0.3, 0.4) is 0 Å². The van der Waals surface area contributed by atoms with Crippen LogP contribution < -0.4 is 5.32 Å². The van der Waals surface area contributed by atoms with Gasteiger partial charge in [-0.25, -0.2) is 0 Å². The van der Waals surface area contributed by atoms with Gasteiger partial charge in [0.05, 0.1) is 6.10 Å². The van der Waals surface area contributed by atoms with Crippen LogP contribution in [0.1, 0.15) is 60.8 Å². The molecule has 2 fully saturated rings. The molecule has 1 saturated heterocycles. The summed E-state index contributed by atoms with van der Waals surface area (Å²) in [7, 11) is 1.86. The predicted molar refractivity (Wildman–Crippen MR) is 89.6 cm³/mol. The lowest BCUT2D eigenvalue weighted by Crippen LogP contribution is -2.72. The highest BCUT2D eigenvalue weighted by atomic mass is 16.5. The summed E-state index contributed by atoms with van der Waals surface area (Å²) in [4.78, 5) is 2.82. The summed E-state index contributed by atoms with van der Waals surface area (Å²) < 4.78 is 5.68. The number of methoxy groups -OCH3 is 1. The lowest BCUT2D eigenvalue weighted by molar-refractivity contribution is -0.162. The molecule has 0 amide bonds. The fourth-order valence-corrected chi connectivity index (χ4v) is 4.47. The second kappa shape index (κ2) is 6.17. The zero-order chi connectivity index (χ0) is 15.8. The fourth-order valence-electron chi connectivity index (χ4n) is 4.47. The Balaban J connectivity index is 2.20. The van der Waals surface area contributed by atoms with E-state index in [4.69, 9.17) is 4.74 Å². The molecule has 0 aromatic heterocycles. The van der Waals surface area contributed by atoms with Crippen LogP contribution in [0.2, 0.25) is 0 Å². The first kappa shape index (κ1) is 17.2. The summed E-state index contributed by atoms with van der Waals surface area (Å²) in [6.45, 7) is 16.5. The Morgan fingerprint density at radius 1 is 1.24 bits per heavy atom. The Morgan fingerprint density at radius 3 is 2.29 bits per heavy atom. The Hall–Kier alpha value is -0.120. The van der Waals surface area contributed by atoms with Crippen LogP contribution in [0.25, 0.3) is 0 Å². The average Bonchev–Trinajstić information content (AvgIpc) is 2.46. The first-order valence-electron chi connectivity index (χ1n) is 8.85. The van der Waals surface area contributed by atoms with Gasteiger partial charge in [-0.15, -0.1) is 0 Å². The van der Waals surface area contributed by atoms with Crippen molar-refractivity contribution in [2.24, 2.45) is 11.3 Å². The predicted octanol–water partition coefficient (Wildman–Crippen LogP) is 3.29. The molecule has 1 aliphatic heterocycles. The Labute approximate surface area is 131 Å². The molecular formula is C18H36N2O. The largest absolute Gasteiger partial charge is 0.381 e. The highest BCUT2D eigenvalue weighted by molar-refractivity contribution is 5.09. The molecule has 0 radical (unpaired) electrons. The molecule has 2 aliphatic rings. The van der Waals surface area contributed by atoms with Crippen molar-refractivity contribution in [3.8, 4) is 0 Å². The molecule has 2 rings (SSSR count). The summed E-state index contributed by atoms with van der Waals surface area (Å²) in [6, 6.07) is 1.31. The van der Waals surface area contributed by atoms with Crippen molar-refractivity contribution in [1.29, 1.82) is 0 Å². The number of piperazine rings is 1. The third kappa shape index (κ3) is 2.89. The summed E-state index contributed by atoms with van der Waals surface area (Å²) in [6.07, 6.45) is 4.04. The van der Waals surface area contributed by atoms with Crippen molar-refractivity contribution in [2.75, 3.05) is 20.2 Å². The van der Waals surface area contributed by atoms with E-state index in [1.807, 2.05) is 7.11 Å².